The maximum Gasteiger partial charge on any atom is 0.177 e. The molecular weight excluding hydrogens is 130 g/mol. The minimum absolute atomic E-state index is 0.799. The molecule has 2 heterocycles. The molecule has 4 heteroatoms. The molecule has 10 heavy (non-hydrogen) atoms. The third kappa shape index (κ3) is 0.698. The van der Waals surface area contributed by atoms with Gasteiger partial charge in [0.2, 0.25) is 0 Å². The van der Waals surface area contributed by atoms with Gasteiger partial charge in [-0.15, -0.1) is 0 Å². The van der Waals surface area contributed by atoms with E-state index in [9.17, 15) is 0 Å². The molecule has 52 valence electrons. The van der Waals surface area contributed by atoms with Gasteiger partial charge in [0.25, 0.3) is 0 Å². The number of fused-ring (bicyclic) bond motifs is 1. The Morgan fingerprint density at radius 3 is 3.40 bits per heavy atom. The van der Waals surface area contributed by atoms with Crippen molar-refractivity contribution in [1.29, 1.82) is 0 Å². The predicted octanol–water partition coefficient (Wildman–Crippen LogP) is 0.614. The number of hydrazine groups is 1. The van der Waals surface area contributed by atoms with Gasteiger partial charge in [0, 0.05) is 11.8 Å². The average molecular weight is 137 g/mol. The molecule has 2 rings (SSSR count). The lowest BCUT2D eigenvalue weighted by molar-refractivity contribution is 0.246. The van der Waals surface area contributed by atoms with Crippen molar-refractivity contribution in [3.05, 3.63) is 18.0 Å². The van der Waals surface area contributed by atoms with Gasteiger partial charge in [-0.2, -0.15) is 0 Å². The number of anilines is 1. The van der Waals surface area contributed by atoms with Gasteiger partial charge in [0.15, 0.2) is 5.75 Å². The van der Waals surface area contributed by atoms with Gasteiger partial charge >= 0.3 is 0 Å². The van der Waals surface area contributed by atoms with Crippen LogP contribution in [0.1, 0.15) is 5.69 Å². The lowest BCUT2D eigenvalue weighted by Gasteiger charge is -1.93. The third-order valence-corrected chi connectivity index (χ3v) is 1.35. The first-order valence-corrected chi connectivity index (χ1v) is 3.01. The van der Waals surface area contributed by atoms with Crippen LogP contribution in [0, 0.1) is 6.92 Å². The summed E-state index contributed by atoms with van der Waals surface area (Å²) in [6.07, 6.45) is 1.73. The highest BCUT2D eigenvalue weighted by Crippen LogP contribution is 2.25. The zero-order valence-electron chi connectivity index (χ0n) is 5.51. The summed E-state index contributed by atoms with van der Waals surface area (Å²) in [6.45, 7) is 1.92. The number of nitrogens with one attached hydrogen (secondary N) is 2. The van der Waals surface area contributed by atoms with Gasteiger partial charge in [-0.05, 0) is 6.92 Å². The number of rotatable bonds is 0. The lowest BCUT2D eigenvalue weighted by Crippen LogP contribution is -2.16. The van der Waals surface area contributed by atoms with Crippen LogP contribution < -0.4 is 15.9 Å². The van der Waals surface area contributed by atoms with E-state index < -0.39 is 0 Å². The Labute approximate surface area is 58.1 Å². The topological polar surface area (TPSA) is 46.2 Å². The summed E-state index contributed by atoms with van der Waals surface area (Å²) in [4.78, 5) is 9.05. The van der Waals surface area contributed by atoms with Crippen LogP contribution in [0.15, 0.2) is 12.3 Å². The average Bonchev–Trinajstić information content (AvgIpc) is 2.33. The van der Waals surface area contributed by atoms with Gasteiger partial charge in [-0.3, -0.25) is 10.4 Å². The second-order valence-electron chi connectivity index (χ2n) is 2.15. The van der Waals surface area contributed by atoms with Crippen LogP contribution >= 0.6 is 0 Å². The molecule has 0 fully saturated rings. The number of nitrogens with zero attached hydrogens (tertiary/aromatic N) is 1. The van der Waals surface area contributed by atoms with E-state index in [2.05, 4.69) is 16.0 Å². The fourth-order valence-electron chi connectivity index (χ4n) is 0.849. The van der Waals surface area contributed by atoms with Gasteiger partial charge in [0.05, 0.1) is 6.20 Å². The molecule has 0 aromatic carbocycles. The van der Waals surface area contributed by atoms with E-state index >= 15 is 0 Å². The fourth-order valence-corrected chi connectivity index (χ4v) is 0.849. The number of hydrogen-bond donors (Lipinski definition) is 2. The summed E-state index contributed by atoms with van der Waals surface area (Å²) in [6, 6.07) is 1.86. The number of pyridine rings is 1. The molecule has 0 atom stereocenters. The first kappa shape index (κ1) is 5.49. The molecule has 0 spiro atoms. The maximum atomic E-state index is 4.98. The zero-order chi connectivity index (χ0) is 6.97. The van der Waals surface area contributed by atoms with E-state index in [-0.39, 0.29) is 0 Å². The highest BCUT2D eigenvalue weighted by atomic mass is 16.7. The Hall–Kier alpha value is -1.29. The summed E-state index contributed by atoms with van der Waals surface area (Å²) in [5.41, 5.74) is 7.15. The maximum absolute atomic E-state index is 4.98. The lowest BCUT2D eigenvalue weighted by atomic mass is 10.3. The van der Waals surface area contributed by atoms with Crippen LogP contribution in [0.5, 0.6) is 5.75 Å². The minimum Gasteiger partial charge on any atom is -0.387 e. The van der Waals surface area contributed by atoms with Crippen LogP contribution in [0.2, 0.25) is 0 Å². The van der Waals surface area contributed by atoms with Crippen molar-refractivity contribution in [2.75, 3.05) is 5.43 Å². The molecule has 4 nitrogen and oxygen atoms in total. The highest BCUT2D eigenvalue weighted by molar-refractivity contribution is 5.56. The zero-order valence-corrected chi connectivity index (χ0v) is 5.51. The second kappa shape index (κ2) is 1.85. The van der Waals surface area contributed by atoms with Crippen LogP contribution in [-0.2, 0) is 0 Å². The number of hydrogen-bond acceptors (Lipinski definition) is 4. The summed E-state index contributed by atoms with van der Waals surface area (Å²) < 4.78 is 0. The third-order valence-electron chi connectivity index (χ3n) is 1.35. The normalized spacial score (nSPS) is 13.7. The standard InChI is InChI=1S/C6H7N3O/c1-4-2-6-5(3-7-4)8-9-10-6/h2-3,8-9H,1H3. The van der Waals surface area contributed by atoms with Crippen molar-refractivity contribution >= 4 is 5.69 Å². The molecule has 1 aliphatic rings. The molecule has 0 aliphatic carbocycles. The van der Waals surface area contributed by atoms with Crippen LogP contribution in [0.3, 0.4) is 0 Å². The Kier molecular flexibility index (Phi) is 1.01. The molecule has 2 N–H and O–H groups in total. The number of aryl methyl sites for hydroxylation is 1. The molecular formula is C6H7N3O. The fraction of sp³-hybridized carbons (Fsp3) is 0.167. The quantitative estimate of drug-likeness (QED) is 0.550. The van der Waals surface area contributed by atoms with Crippen molar-refractivity contribution < 1.29 is 4.84 Å². The molecule has 0 saturated heterocycles. The van der Waals surface area contributed by atoms with Crippen molar-refractivity contribution in [2.45, 2.75) is 6.92 Å². The van der Waals surface area contributed by atoms with E-state index in [0.717, 1.165) is 17.1 Å². The van der Waals surface area contributed by atoms with Crippen LogP contribution in [-0.4, -0.2) is 4.98 Å². The van der Waals surface area contributed by atoms with E-state index in [1.54, 1.807) is 6.20 Å². The molecule has 0 saturated carbocycles. The minimum atomic E-state index is 0.799. The van der Waals surface area contributed by atoms with Crippen molar-refractivity contribution in [3.63, 3.8) is 0 Å². The summed E-state index contributed by atoms with van der Waals surface area (Å²) in [7, 11) is 0. The molecule has 0 radical (unpaired) electrons. The van der Waals surface area contributed by atoms with E-state index in [1.807, 2.05) is 13.0 Å². The predicted molar refractivity (Wildman–Crippen MR) is 36.4 cm³/mol. The first-order valence-electron chi connectivity index (χ1n) is 3.01. The van der Waals surface area contributed by atoms with Crippen molar-refractivity contribution in [2.24, 2.45) is 0 Å². The summed E-state index contributed by atoms with van der Waals surface area (Å²) in [5.74, 6) is 0.799. The Balaban J connectivity index is 2.52. The van der Waals surface area contributed by atoms with Crippen molar-refractivity contribution in [3.8, 4) is 5.75 Å². The van der Waals surface area contributed by atoms with Crippen LogP contribution in [0.4, 0.5) is 5.69 Å². The Bertz CT molecular complexity index is 261. The molecule has 1 aromatic heterocycles. The van der Waals surface area contributed by atoms with Gasteiger partial charge in [-0.1, -0.05) is 5.59 Å². The molecule has 0 unspecified atom stereocenters. The monoisotopic (exact) mass is 137 g/mol. The first-order chi connectivity index (χ1) is 4.86. The molecule has 1 aromatic rings. The molecule has 0 bridgehead atoms. The van der Waals surface area contributed by atoms with Gasteiger partial charge < -0.3 is 4.84 Å². The summed E-state index contributed by atoms with van der Waals surface area (Å²) >= 11 is 0. The van der Waals surface area contributed by atoms with Gasteiger partial charge in [0.1, 0.15) is 5.69 Å². The highest BCUT2D eigenvalue weighted by Gasteiger charge is 2.10. The Morgan fingerprint density at radius 1 is 1.60 bits per heavy atom. The van der Waals surface area contributed by atoms with Crippen molar-refractivity contribution in [1.82, 2.24) is 10.6 Å². The smallest absolute Gasteiger partial charge is 0.177 e. The number of aromatic nitrogens is 1. The summed E-state index contributed by atoms with van der Waals surface area (Å²) in [5, 5.41) is 0. The molecule has 0 amide bonds. The molecule has 1 aliphatic heterocycles. The van der Waals surface area contributed by atoms with E-state index in [1.165, 1.54) is 0 Å². The van der Waals surface area contributed by atoms with E-state index in [4.69, 9.17) is 4.84 Å². The van der Waals surface area contributed by atoms with Crippen LogP contribution in [0.25, 0.3) is 0 Å². The Morgan fingerprint density at radius 2 is 2.50 bits per heavy atom. The van der Waals surface area contributed by atoms with Gasteiger partial charge in [-0.25, -0.2) is 0 Å². The van der Waals surface area contributed by atoms with E-state index in [0.29, 0.717) is 0 Å². The largest absolute Gasteiger partial charge is 0.387 e. The SMILES string of the molecule is Cc1cc2c(cn1)NNO2. The second-order valence-corrected chi connectivity index (χ2v) is 2.15.